The Morgan fingerprint density at radius 3 is 2.59 bits per heavy atom. The van der Waals surface area contributed by atoms with Gasteiger partial charge in [0.2, 0.25) is 5.91 Å². The van der Waals surface area contributed by atoms with Crippen molar-refractivity contribution in [3.63, 3.8) is 0 Å². The fourth-order valence-corrected chi connectivity index (χ4v) is 5.57. The lowest BCUT2D eigenvalue weighted by Gasteiger charge is -2.14. The van der Waals surface area contributed by atoms with Crippen LogP contribution >= 0.6 is 46.3 Å². The topological polar surface area (TPSA) is 80.3 Å². The molecule has 3 aromatic carbocycles. The molecule has 4 rings (SSSR count). The Balaban J connectivity index is 1.34. The summed E-state index contributed by atoms with van der Waals surface area (Å²) in [6.45, 7) is 1.85. The monoisotopic (exact) mass is 571 g/mol. The number of carbonyl (C=O) groups is 2. The molecule has 2 amide bonds. The Hall–Kier alpha value is -3.04. The quantitative estimate of drug-likeness (QED) is 0.191. The van der Waals surface area contributed by atoms with Crippen LogP contribution in [0.3, 0.4) is 0 Å². The third-order valence-corrected chi connectivity index (χ3v) is 7.78. The lowest BCUT2D eigenvalue weighted by Crippen LogP contribution is -2.24. The first-order valence-corrected chi connectivity index (χ1v) is 13.9. The number of nitrogens with zero attached hydrogens (tertiary/aromatic N) is 1. The first-order chi connectivity index (χ1) is 17.9. The highest BCUT2D eigenvalue weighted by Gasteiger charge is 2.20. The molecule has 4 aromatic rings. The van der Waals surface area contributed by atoms with Crippen molar-refractivity contribution in [3.8, 4) is 17.0 Å². The minimum Gasteiger partial charge on any atom is -0.484 e. The molecule has 190 valence electrons. The van der Waals surface area contributed by atoms with E-state index in [0.29, 0.717) is 38.7 Å². The van der Waals surface area contributed by atoms with Crippen LogP contribution in [0.2, 0.25) is 10.0 Å². The molecule has 1 heterocycles. The number of halogens is 2. The third kappa shape index (κ3) is 7.72. The predicted octanol–water partition coefficient (Wildman–Crippen LogP) is 7.64. The lowest BCUT2D eigenvalue weighted by atomic mass is 10.2. The van der Waals surface area contributed by atoms with Gasteiger partial charge in [-0.15, -0.1) is 23.1 Å². The maximum atomic E-state index is 13.0. The number of hydrogen-bond donors (Lipinski definition) is 2. The zero-order valence-electron chi connectivity index (χ0n) is 19.7. The molecule has 0 aliphatic rings. The summed E-state index contributed by atoms with van der Waals surface area (Å²) in [5.74, 6) is 0.208. The molecule has 0 aliphatic heterocycles. The van der Waals surface area contributed by atoms with Crippen LogP contribution in [0.5, 0.6) is 5.75 Å². The Bertz CT molecular complexity index is 1380. The molecule has 10 heteroatoms. The number of thiazole rings is 1. The summed E-state index contributed by atoms with van der Waals surface area (Å²) in [7, 11) is 0. The minimum atomic E-state index is -0.348. The first kappa shape index (κ1) is 27.0. The molecular weight excluding hydrogens is 549 g/mol. The Morgan fingerprint density at radius 1 is 1.03 bits per heavy atom. The zero-order valence-corrected chi connectivity index (χ0v) is 22.9. The maximum Gasteiger partial charge on any atom is 0.262 e. The fraction of sp³-hybridized carbons (Fsp3) is 0.148. The van der Waals surface area contributed by atoms with Crippen LogP contribution < -0.4 is 15.4 Å². The molecule has 6 nitrogen and oxygen atoms in total. The van der Waals surface area contributed by atoms with Crippen LogP contribution in [0.15, 0.2) is 83.1 Å². The van der Waals surface area contributed by atoms with E-state index in [2.05, 4.69) is 15.6 Å². The van der Waals surface area contributed by atoms with Crippen molar-refractivity contribution in [2.24, 2.45) is 0 Å². The number of aromatic nitrogens is 1. The van der Waals surface area contributed by atoms with Crippen LogP contribution in [0.25, 0.3) is 11.3 Å². The molecule has 0 aliphatic carbocycles. The summed E-state index contributed by atoms with van der Waals surface area (Å²) in [6, 6.07) is 21.7. The summed E-state index contributed by atoms with van der Waals surface area (Å²) < 4.78 is 5.49. The second-order valence-electron chi connectivity index (χ2n) is 7.84. The van der Waals surface area contributed by atoms with Gasteiger partial charge in [0.25, 0.3) is 5.91 Å². The van der Waals surface area contributed by atoms with E-state index in [0.717, 1.165) is 10.5 Å². The molecule has 1 aromatic heterocycles. The summed E-state index contributed by atoms with van der Waals surface area (Å²) in [5, 5.41) is 8.76. The number of benzene rings is 3. The van der Waals surface area contributed by atoms with Crippen molar-refractivity contribution >= 4 is 68.9 Å². The number of anilines is 2. The maximum absolute atomic E-state index is 13.0. The molecule has 0 saturated carbocycles. The highest BCUT2D eigenvalue weighted by molar-refractivity contribution is 8.00. The molecule has 0 saturated heterocycles. The number of para-hydroxylation sites is 1. The SMILES string of the molecule is CCC(Sc1cccc(NC(=O)COc2ccccc2)c1)C(=O)Nc1nc(-c2ccc(Cl)cc2Cl)cs1. The molecule has 1 atom stereocenters. The summed E-state index contributed by atoms with van der Waals surface area (Å²) in [5.41, 5.74) is 2.05. The van der Waals surface area contributed by atoms with Crippen LogP contribution in [-0.2, 0) is 9.59 Å². The molecule has 0 radical (unpaired) electrons. The number of hydrogen-bond acceptors (Lipinski definition) is 6. The molecular formula is C27H23Cl2N3O3S2. The van der Waals surface area contributed by atoms with Gasteiger partial charge < -0.3 is 15.4 Å². The normalized spacial score (nSPS) is 11.5. The average Bonchev–Trinajstić information content (AvgIpc) is 3.34. The fourth-order valence-electron chi connectivity index (χ4n) is 3.33. The van der Waals surface area contributed by atoms with Crippen LogP contribution in [0, 0.1) is 0 Å². The van der Waals surface area contributed by atoms with Gasteiger partial charge in [-0.1, -0.05) is 54.4 Å². The van der Waals surface area contributed by atoms with Crippen LogP contribution in [-0.4, -0.2) is 28.7 Å². The first-order valence-electron chi connectivity index (χ1n) is 11.4. The van der Waals surface area contributed by atoms with Crippen molar-refractivity contribution in [1.29, 1.82) is 0 Å². The average molecular weight is 573 g/mol. The van der Waals surface area contributed by atoms with Crippen molar-refractivity contribution in [2.45, 2.75) is 23.5 Å². The van der Waals surface area contributed by atoms with Gasteiger partial charge in [-0.3, -0.25) is 9.59 Å². The highest BCUT2D eigenvalue weighted by atomic mass is 35.5. The largest absolute Gasteiger partial charge is 0.484 e. The number of ether oxygens (including phenoxy) is 1. The van der Waals surface area contributed by atoms with Gasteiger partial charge in [0, 0.05) is 26.5 Å². The van der Waals surface area contributed by atoms with Gasteiger partial charge in [-0.2, -0.15) is 0 Å². The summed E-state index contributed by atoms with van der Waals surface area (Å²) in [4.78, 5) is 30.7. The van der Waals surface area contributed by atoms with E-state index >= 15 is 0 Å². The van der Waals surface area contributed by atoms with Gasteiger partial charge in [-0.25, -0.2) is 4.98 Å². The Morgan fingerprint density at radius 2 is 1.84 bits per heavy atom. The van der Waals surface area contributed by atoms with Crippen molar-refractivity contribution in [3.05, 3.63) is 88.2 Å². The molecule has 0 fully saturated rings. The van der Waals surface area contributed by atoms with Crippen molar-refractivity contribution in [1.82, 2.24) is 4.98 Å². The van der Waals surface area contributed by atoms with E-state index in [1.54, 1.807) is 36.4 Å². The number of nitrogens with one attached hydrogen (secondary N) is 2. The van der Waals surface area contributed by atoms with Gasteiger partial charge in [-0.05, 0) is 55.0 Å². The Labute approximate surface area is 233 Å². The molecule has 37 heavy (non-hydrogen) atoms. The minimum absolute atomic E-state index is 0.0988. The summed E-state index contributed by atoms with van der Waals surface area (Å²) >= 11 is 15.0. The van der Waals surface area contributed by atoms with E-state index in [1.165, 1.54) is 23.1 Å². The van der Waals surface area contributed by atoms with E-state index in [-0.39, 0.29) is 23.7 Å². The second-order valence-corrected chi connectivity index (χ2v) is 10.8. The van der Waals surface area contributed by atoms with E-state index < -0.39 is 0 Å². The van der Waals surface area contributed by atoms with Crippen LogP contribution in [0.4, 0.5) is 10.8 Å². The molecule has 1 unspecified atom stereocenters. The molecule has 0 spiro atoms. The van der Waals surface area contributed by atoms with E-state index in [9.17, 15) is 9.59 Å². The smallest absolute Gasteiger partial charge is 0.262 e. The summed E-state index contributed by atoms with van der Waals surface area (Å²) in [6.07, 6.45) is 0.610. The van der Waals surface area contributed by atoms with Gasteiger partial charge in [0.15, 0.2) is 11.7 Å². The second kappa shape index (κ2) is 13.0. The number of carbonyl (C=O) groups excluding carboxylic acids is 2. The standard InChI is InChI=1S/C27H23Cl2N3O3S2/c1-2-24(26(34)32-27-31-23(16-36-27)21-12-11-17(28)13-22(21)29)37-20-10-6-7-18(14-20)30-25(33)15-35-19-8-4-3-5-9-19/h3-14,16,24H,2,15H2,1H3,(H,30,33)(H,31,32,34). The van der Waals surface area contributed by atoms with Gasteiger partial charge in [0.1, 0.15) is 5.75 Å². The highest BCUT2D eigenvalue weighted by Crippen LogP contribution is 2.33. The Kier molecular flexibility index (Phi) is 9.46. The van der Waals surface area contributed by atoms with E-state index in [1.807, 2.05) is 48.7 Å². The van der Waals surface area contributed by atoms with Crippen molar-refractivity contribution in [2.75, 3.05) is 17.2 Å². The predicted molar refractivity (Wildman–Crippen MR) is 153 cm³/mol. The van der Waals surface area contributed by atoms with Gasteiger partial charge in [0.05, 0.1) is 16.0 Å². The number of rotatable bonds is 10. The van der Waals surface area contributed by atoms with Crippen LogP contribution in [0.1, 0.15) is 13.3 Å². The van der Waals surface area contributed by atoms with Crippen molar-refractivity contribution < 1.29 is 14.3 Å². The van der Waals surface area contributed by atoms with Gasteiger partial charge >= 0.3 is 0 Å². The van der Waals surface area contributed by atoms with E-state index in [4.69, 9.17) is 27.9 Å². The lowest BCUT2D eigenvalue weighted by molar-refractivity contribution is -0.118. The number of thioether (sulfide) groups is 1. The third-order valence-electron chi connectivity index (χ3n) is 5.11. The zero-order chi connectivity index (χ0) is 26.2. The molecule has 2 N–H and O–H groups in total. The molecule has 0 bridgehead atoms. The number of amides is 2.